The van der Waals surface area contributed by atoms with Crippen molar-refractivity contribution in [1.82, 2.24) is 10.2 Å². The molecular weight excluding hydrogens is 252 g/mol. The van der Waals surface area contributed by atoms with Crippen molar-refractivity contribution in [1.29, 1.82) is 0 Å². The number of hydrogen-bond acceptors (Lipinski definition) is 3. The van der Waals surface area contributed by atoms with Crippen molar-refractivity contribution in [3.63, 3.8) is 0 Å². The number of hydrogen-bond donors (Lipinski definition) is 1. The van der Waals surface area contributed by atoms with E-state index >= 15 is 0 Å². The standard InChI is InChI=1S/C16H24N2O2/c1-4-20-16(19)18-11-14(13-8-6-5-7-9-13)17-10-15(18)12(2)3/h5-9,12,14-15,17H,4,10-11H2,1-3H3. The highest BCUT2D eigenvalue weighted by Gasteiger charge is 2.34. The zero-order valence-electron chi connectivity index (χ0n) is 12.5. The predicted molar refractivity (Wildman–Crippen MR) is 79.5 cm³/mol. The minimum absolute atomic E-state index is 0.176. The van der Waals surface area contributed by atoms with Crippen LogP contribution in [0.15, 0.2) is 30.3 Å². The summed E-state index contributed by atoms with van der Waals surface area (Å²) in [5.41, 5.74) is 1.21. The average Bonchev–Trinajstić information content (AvgIpc) is 2.47. The van der Waals surface area contributed by atoms with Crippen LogP contribution in [0, 0.1) is 5.92 Å². The number of nitrogens with zero attached hydrogens (tertiary/aromatic N) is 1. The highest BCUT2D eigenvalue weighted by atomic mass is 16.6. The first-order valence-corrected chi connectivity index (χ1v) is 7.35. The molecule has 0 spiro atoms. The van der Waals surface area contributed by atoms with Crippen molar-refractivity contribution in [2.24, 2.45) is 5.92 Å². The lowest BCUT2D eigenvalue weighted by Gasteiger charge is -2.41. The van der Waals surface area contributed by atoms with Gasteiger partial charge in [0.2, 0.25) is 0 Å². The number of carbonyl (C=O) groups is 1. The second-order valence-corrected chi connectivity index (χ2v) is 5.53. The number of ether oxygens (including phenoxy) is 1. The first-order chi connectivity index (χ1) is 9.63. The van der Waals surface area contributed by atoms with Gasteiger partial charge in [0.1, 0.15) is 0 Å². The van der Waals surface area contributed by atoms with Crippen LogP contribution in [-0.2, 0) is 4.74 Å². The Morgan fingerprint density at radius 1 is 1.40 bits per heavy atom. The van der Waals surface area contributed by atoms with E-state index in [-0.39, 0.29) is 18.2 Å². The summed E-state index contributed by atoms with van der Waals surface area (Å²) in [6, 6.07) is 10.6. The van der Waals surface area contributed by atoms with E-state index in [1.807, 2.05) is 30.0 Å². The summed E-state index contributed by atoms with van der Waals surface area (Å²) in [6.07, 6.45) is -0.200. The van der Waals surface area contributed by atoms with E-state index in [1.165, 1.54) is 5.56 Å². The van der Waals surface area contributed by atoms with Crippen molar-refractivity contribution in [3.05, 3.63) is 35.9 Å². The van der Waals surface area contributed by atoms with Gasteiger partial charge in [-0.2, -0.15) is 0 Å². The molecule has 1 N–H and O–H groups in total. The molecule has 1 heterocycles. The van der Waals surface area contributed by atoms with Crippen LogP contribution in [0.1, 0.15) is 32.4 Å². The fraction of sp³-hybridized carbons (Fsp3) is 0.562. The maximum Gasteiger partial charge on any atom is 0.410 e. The molecule has 2 unspecified atom stereocenters. The van der Waals surface area contributed by atoms with Gasteiger partial charge in [0.25, 0.3) is 0 Å². The second kappa shape index (κ2) is 6.75. The SMILES string of the molecule is CCOC(=O)N1CC(c2ccccc2)NCC1C(C)C. The second-order valence-electron chi connectivity index (χ2n) is 5.53. The van der Waals surface area contributed by atoms with Crippen LogP contribution in [0.3, 0.4) is 0 Å². The summed E-state index contributed by atoms with van der Waals surface area (Å²) < 4.78 is 5.21. The molecule has 2 rings (SSSR count). The highest BCUT2D eigenvalue weighted by molar-refractivity contribution is 5.68. The van der Waals surface area contributed by atoms with E-state index in [0.29, 0.717) is 19.1 Å². The van der Waals surface area contributed by atoms with Gasteiger partial charge >= 0.3 is 6.09 Å². The summed E-state index contributed by atoms with van der Waals surface area (Å²) in [4.78, 5) is 14.0. The lowest BCUT2D eigenvalue weighted by Crippen LogP contribution is -2.56. The van der Waals surface area contributed by atoms with Gasteiger partial charge in [0, 0.05) is 19.1 Å². The Kier molecular flexibility index (Phi) is 5.01. The van der Waals surface area contributed by atoms with Crippen molar-refractivity contribution < 1.29 is 9.53 Å². The Bertz CT molecular complexity index is 433. The van der Waals surface area contributed by atoms with Gasteiger partial charge in [-0.3, -0.25) is 0 Å². The topological polar surface area (TPSA) is 41.6 Å². The Hall–Kier alpha value is -1.55. The third-order valence-corrected chi connectivity index (χ3v) is 3.83. The Morgan fingerprint density at radius 2 is 2.10 bits per heavy atom. The van der Waals surface area contributed by atoms with Crippen LogP contribution < -0.4 is 5.32 Å². The fourth-order valence-corrected chi connectivity index (χ4v) is 2.69. The molecule has 2 atom stereocenters. The molecule has 0 aromatic heterocycles. The number of piperazine rings is 1. The highest BCUT2D eigenvalue weighted by Crippen LogP contribution is 2.23. The van der Waals surface area contributed by atoms with E-state index < -0.39 is 0 Å². The molecule has 20 heavy (non-hydrogen) atoms. The zero-order chi connectivity index (χ0) is 14.5. The molecule has 1 amide bonds. The van der Waals surface area contributed by atoms with Crippen molar-refractivity contribution in [3.8, 4) is 0 Å². The number of rotatable bonds is 3. The molecule has 0 aliphatic carbocycles. The molecule has 1 aromatic rings. The summed E-state index contributed by atoms with van der Waals surface area (Å²) in [5, 5.41) is 3.54. The van der Waals surface area contributed by atoms with E-state index in [0.717, 1.165) is 6.54 Å². The monoisotopic (exact) mass is 276 g/mol. The Balaban J connectivity index is 2.13. The molecular formula is C16H24N2O2. The minimum atomic E-state index is -0.200. The summed E-state index contributed by atoms with van der Waals surface area (Å²) in [7, 11) is 0. The minimum Gasteiger partial charge on any atom is -0.450 e. The van der Waals surface area contributed by atoms with Crippen LogP contribution in [0.25, 0.3) is 0 Å². The van der Waals surface area contributed by atoms with Gasteiger partial charge in [0.05, 0.1) is 12.6 Å². The van der Waals surface area contributed by atoms with Gasteiger partial charge in [-0.15, -0.1) is 0 Å². The smallest absolute Gasteiger partial charge is 0.410 e. The van der Waals surface area contributed by atoms with E-state index in [9.17, 15) is 4.79 Å². The largest absolute Gasteiger partial charge is 0.450 e. The van der Waals surface area contributed by atoms with Crippen LogP contribution >= 0.6 is 0 Å². The summed E-state index contributed by atoms with van der Waals surface area (Å²) >= 11 is 0. The lowest BCUT2D eigenvalue weighted by molar-refractivity contribution is 0.0581. The maximum atomic E-state index is 12.2. The number of carbonyl (C=O) groups excluding carboxylic acids is 1. The van der Waals surface area contributed by atoms with Gasteiger partial charge in [0.15, 0.2) is 0 Å². The molecule has 0 saturated carbocycles. The Morgan fingerprint density at radius 3 is 2.70 bits per heavy atom. The van der Waals surface area contributed by atoms with Gasteiger partial charge in [-0.05, 0) is 18.4 Å². The molecule has 1 aliphatic heterocycles. The molecule has 0 radical (unpaired) electrons. The Labute approximate surface area is 121 Å². The fourth-order valence-electron chi connectivity index (χ4n) is 2.69. The predicted octanol–water partition coefficient (Wildman–Crippen LogP) is 2.81. The molecule has 4 heteroatoms. The van der Waals surface area contributed by atoms with Crippen molar-refractivity contribution >= 4 is 6.09 Å². The third-order valence-electron chi connectivity index (χ3n) is 3.83. The van der Waals surface area contributed by atoms with Gasteiger partial charge in [-0.25, -0.2) is 4.79 Å². The first-order valence-electron chi connectivity index (χ1n) is 7.35. The van der Waals surface area contributed by atoms with Crippen LogP contribution in [0.2, 0.25) is 0 Å². The molecule has 1 fully saturated rings. The van der Waals surface area contributed by atoms with Crippen molar-refractivity contribution in [2.75, 3.05) is 19.7 Å². The zero-order valence-corrected chi connectivity index (χ0v) is 12.5. The third kappa shape index (κ3) is 3.31. The summed E-state index contributed by atoms with van der Waals surface area (Å²) in [6.45, 7) is 8.01. The van der Waals surface area contributed by atoms with Crippen LogP contribution in [-0.4, -0.2) is 36.7 Å². The van der Waals surface area contributed by atoms with Crippen LogP contribution in [0.5, 0.6) is 0 Å². The number of benzene rings is 1. The lowest BCUT2D eigenvalue weighted by atomic mass is 9.96. The van der Waals surface area contributed by atoms with Gasteiger partial charge < -0.3 is 15.0 Å². The molecule has 1 aliphatic rings. The molecule has 1 saturated heterocycles. The normalized spacial score (nSPS) is 22.9. The number of amides is 1. The summed E-state index contributed by atoms with van der Waals surface area (Å²) in [5.74, 6) is 0.406. The quantitative estimate of drug-likeness (QED) is 0.923. The van der Waals surface area contributed by atoms with Crippen molar-refractivity contribution in [2.45, 2.75) is 32.9 Å². The van der Waals surface area contributed by atoms with E-state index in [2.05, 4.69) is 31.3 Å². The van der Waals surface area contributed by atoms with E-state index in [1.54, 1.807) is 0 Å². The number of nitrogens with one attached hydrogen (secondary N) is 1. The maximum absolute atomic E-state index is 12.2. The molecule has 110 valence electrons. The molecule has 1 aromatic carbocycles. The molecule has 0 bridgehead atoms. The molecule has 4 nitrogen and oxygen atoms in total. The first kappa shape index (κ1) is 14.9. The van der Waals surface area contributed by atoms with Gasteiger partial charge in [-0.1, -0.05) is 44.2 Å². The van der Waals surface area contributed by atoms with E-state index in [4.69, 9.17) is 4.74 Å². The van der Waals surface area contributed by atoms with Crippen LogP contribution in [0.4, 0.5) is 4.79 Å². The average molecular weight is 276 g/mol.